The van der Waals surface area contributed by atoms with Crippen LogP contribution in [0.1, 0.15) is 78.7 Å². The molecule has 0 unspecified atom stereocenters. The van der Waals surface area contributed by atoms with Gasteiger partial charge in [0.15, 0.2) is 8.32 Å². The highest BCUT2D eigenvalue weighted by atomic mass is 28.4. The van der Waals surface area contributed by atoms with Crippen molar-refractivity contribution in [1.82, 2.24) is 19.4 Å². The van der Waals surface area contributed by atoms with Crippen molar-refractivity contribution >= 4 is 20.3 Å². The normalized spacial score (nSPS) is 19.3. The smallest absolute Gasteiger partial charge is 0.410 e. The summed E-state index contributed by atoms with van der Waals surface area (Å²) in [4.78, 5) is 40.1. The molecule has 15 heteroatoms. The largest absolute Gasteiger partial charge is 0.444 e. The van der Waals surface area contributed by atoms with E-state index in [2.05, 4.69) is 43.9 Å². The molecule has 12 nitrogen and oxygen atoms in total. The minimum atomic E-state index is -2.46. The Morgan fingerprint density at radius 1 is 1.07 bits per heavy atom. The van der Waals surface area contributed by atoms with Gasteiger partial charge in [-0.25, -0.2) is 18.6 Å². The van der Waals surface area contributed by atoms with Gasteiger partial charge in [0.25, 0.3) is 5.91 Å². The molecule has 4 atom stereocenters. The summed E-state index contributed by atoms with van der Waals surface area (Å²) in [6.07, 6.45) is 1.52. The van der Waals surface area contributed by atoms with Crippen LogP contribution in [0, 0.1) is 23.5 Å². The zero-order valence-corrected chi connectivity index (χ0v) is 35.2. The molecule has 0 bridgehead atoms. The maximum absolute atomic E-state index is 15.4. The quantitative estimate of drug-likeness (QED) is 0.0777. The third-order valence-corrected chi connectivity index (χ3v) is 15.7. The highest BCUT2D eigenvalue weighted by molar-refractivity contribution is 6.74. The number of hydrogen-bond acceptors (Lipinski definition) is 7. The number of carbonyl (C=O) groups excluding carboxylic acids is 2. The van der Waals surface area contributed by atoms with Crippen molar-refractivity contribution in [3.05, 3.63) is 88.2 Å². The van der Waals surface area contributed by atoms with E-state index >= 15 is 9.18 Å². The molecule has 3 aromatic rings. The van der Waals surface area contributed by atoms with Crippen LogP contribution in [-0.4, -0.2) is 90.3 Å². The van der Waals surface area contributed by atoms with Gasteiger partial charge in [-0.05, 0) is 93.9 Å². The number of nitrogens with zero attached hydrogens (tertiary/aromatic N) is 7. The van der Waals surface area contributed by atoms with Gasteiger partial charge >= 0.3 is 6.09 Å². The number of amides is 2. The van der Waals surface area contributed by atoms with Gasteiger partial charge in [0.2, 0.25) is 0 Å². The Hall–Kier alpha value is -4.30. The fourth-order valence-corrected chi connectivity index (χ4v) is 8.57. The lowest BCUT2D eigenvalue weighted by molar-refractivity contribution is -0.144. The number of hydrogen-bond donors (Lipinski definition) is 0. The van der Waals surface area contributed by atoms with E-state index in [-0.39, 0.29) is 47.8 Å². The molecule has 1 aromatic heterocycles. The molecule has 2 amide bonds. The van der Waals surface area contributed by atoms with Crippen LogP contribution in [0.15, 0.2) is 59.8 Å². The zero-order valence-electron chi connectivity index (χ0n) is 34.2. The number of benzene rings is 2. The summed E-state index contributed by atoms with van der Waals surface area (Å²) < 4.78 is 50.2. The molecule has 304 valence electrons. The standard InChI is InChI=1S/C41H57F2N7O5Si/c1-27(55-56(8,9)41(5,6)7)38(51)50(24-30-23-49(25-34(30)46-47-44)39(52)54-40(2,3)4)36(29-17-19-53-20-18-29)37-45-35(32-21-31(42)15-16-33(32)43)26-48(37)22-28-13-11-10-12-14-28/h10-16,21,26-27,29-30,34,36H,17-20,22-25H2,1-9H3/t27-,30-,34+,36+/m0/s1. The Balaban J connectivity index is 1.68. The van der Waals surface area contributed by atoms with Crippen LogP contribution in [0.2, 0.25) is 18.1 Å². The summed E-state index contributed by atoms with van der Waals surface area (Å²) in [5, 5.41) is 3.93. The Labute approximate surface area is 330 Å². The Kier molecular flexibility index (Phi) is 13.4. The third-order valence-electron chi connectivity index (χ3n) is 11.1. The number of imidazole rings is 1. The van der Waals surface area contributed by atoms with E-state index in [9.17, 15) is 14.7 Å². The maximum Gasteiger partial charge on any atom is 0.410 e. The van der Waals surface area contributed by atoms with E-state index in [0.29, 0.717) is 38.4 Å². The molecule has 56 heavy (non-hydrogen) atoms. The summed E-state index contributed by atoms with van der Waals surface area (Å²) in [6, 6.07) is 11.7. The number of likely N-dealkylation sites (tertiary alicyclic amines) is 1. The number of rotatable bonds is 12. The predicted molar refractivity (Wildman–Crippen MR) is 213 cm³/mol. The van der Waals surface area contributed by atoms with Crippen LogP contribution in [0.5, 0.6) is 0 Å². The molecule has 5 rings (SSSR count). The molecular weight excluding hydrogens is 737 g/mol. The molecule has 0 radical (unpaired) electrons. The second-order valence-corrected chi connectivity index (χ2v) is 22.3. The van der Waals surface area contributed by atoms with E-state index in [4.69, 9.17) is 18.9 Å². The first kappa shape index (κ1) is 42.8. The molecule has 3 heterocycles. The van der Waals surface area contributed by atoms with Gasteiger partial charge in [-0.3, -0.25) is 4.79 Å². The van der Waals surface area contributed by atoms with Crippen LogP contribution in [0.4, 0.5) is 13.6 Å². The van der Waals surface area contributed by atoms with Crippen LogP contribution in [0.3, 0.4) is 0 Å². The SMILES string of the molecule is C[C@H](O[Si](C)(C)C(C)(C)C)C(=O)N(C[C@@H]1CN(C(=O)OC(C)(C)C)C[C@H]1N=[N+]=[N-])[C@@H](c1nc(-c2cc(F)ccc2F)cn1Cc1ccccc1)C1CCOCC1. The van der Waals surface area contributed by atoms with Crippen molar-refractivity contribution in [2.24, 2.45) is 17.0 Å². The summed E-state index contributed by atoms with van der Waals surface area (Å²) in [6.45, 7) is 19.3. The van der Waals surface area contributed by atoms with E-state index < -0.39 is 55.8 Å². The molecule has 0 aliphatic carbocycles. The Morgan fingerprint density at radius 3 is 2.38 bits per heavy atom. The van der Waals surface area contributed by atoms with Gasteiger partial charge in [-0.1, -0.05) is 56.2 Å². The predicted octanol–water partition coefficient (Wildman–Crippen LogP) is 9.13. The molecule has 2 fully saturated rings. The van der Waals surface area contributed by atoms with Crippen molar-refractivity contribution in [2.75, 3.05) is 32.8 Å². The van der Waals surface area contributed by atoms with Crippen molar-refractivity contribution in [1.29, 1.82) is 0 Å². The number of halogens is 2. The van der Waals surface area contributed by atoms with Crippen LogP contribution in [-0.2, 0) is 25.2 Å². The van der Waals surface area contributed by atoms with Crippen LogP contribution >= 0.6 is 0 Å². The van der Waals surface area contributed by atoms with E-state index in [0.717, 1.165) is 23.8 Å². The number of ether oxygens (including phenoxy) is 2. The lowest BCUT2D eigenvalue weighted by Gasteiger charge is -2.43. The number of aromatic nitrogens is 2. The van der Waals surface area contributed by atoms with Gasteiger partial charge in [0.1, 0.15) is 29.2 Å². The highest BCUT2D eigenvalue weighted by Gasteiger charge is 2.46. The average molecular weight is 794 g/mol. The molecule has 0 N–H and O–H groups in total. The van der Waals surface area contributed by atoms with Gasteiger partial charge in [0, 0.05) is 62.0 Å². The van der Waals surface area contributed by atoms with Crippen molar-refractivity contribution in [2.45, 2.75) is 110 Å². The van der Waals surface area contributed by atoms with Crippen LogP contribution in [0.25, 0.3) is 21.7 Å². The topological polar surface area (TPSA) is 135 Å². The molecule has 2 aromatic carbocycles. The van der Waals surface area contributed by atoms with Crippen LogP contribution < -0.4 is 0 Å². The lowest BCUT2D eigenvalue weighted by atomic mass is 9.88. The Morgan fingerprint density at radius 2 is 1.75 bits per heavy atom. The average Bonchev–Trinajstić information content (AvgIpc) is 3.72. The van der Waals surface area contributed by atoms with Gasteiger partial charge in [-0.2, -0.15) is 0 Å². The summed E-state index contributed by atoms with van der Waals surface area (Å²) in [5.41, 5.74) is 10.1. The first-order valence-corrected chi connectivity index (χ1v) is 22.3. The fourth-order valence-electron chi connectivity index (χ4n) is 7.23. The van der Waals surface area contributed by atoms with Crippen molar-refractivity contribution in [3.8, 4) is 11.3 Å². The minimum absolute atomic E-state index is 0.00325. The third kappa shape index (κ3) is 10.4. The molecule has 2 aliphatic heterocycles. The molecule has 0 spiro atoms. The number of azide groups is 1. The fraction of sp³-hybridized carbons (Fsp3) is 0.585. The van der Waals surface area contributed by atoms with Crippen molar-refractivity contribution < 1.29 is 32.3 Å². The van der Waals surface area contributed by atoms with E-state index in [1.807, 2.05) is 34.9 Å². The van der Waals surface area contributed by atoms with E-state index in [1.165, 1.54) is 4.90 Å². The zero-order chi connectivity index (χ0) is 41.0. The van der Waals surface area contributed by atoms with Gasteiger partial charge in [0.05, 0.1) is 17.8 Å². The second kappa shape index (κ2) is 17.5. The molecular formula is C41H57F2N7O5Si. The monoisotopic (exact) mass is 793 g/mol. The first-order valence-electron chi connectivity index (χ1n) is 19.4. The van der Waals surface area contributed by atoms with Gasteiger partial charge < -0.3 is 28.3 Å². The minimum Gasteiger partial charge on any atom is -0.444 e. The number of carbonyl (C=O) groups is 2. The van der Waals surface area contributed by atoms with Gasteiger partial charge in [-0.15, -0.1) is 0 Å². The highest BCUT2D eigenvalue weighted by Crippen LogP contribution is 2.41. The lowest BCUT2D eigenvalue weighted by Crippen LogP contribution is -2.52. The van der Waals surface area contributed by atoms with E-state index in [1.54, 1.807) is 38.8 Å². The van der Waals surface area contributed by atoms with Crippen molar-refractivity contribution in [3.63, 3.8) is 0 Å². The summed E-state index contributed by atoms with van der Waals surface area (Å²) in [5.74, 6) is -1.64. The summed E-state index contributed by atoms with van der Waals surface area (Å²) in [7, 11) is -2.46. The summed E-state index contributed by atoms with van der Waals surface area (Å²) >= 11 is 0. The molecule has 0 saturated carbocycles. The molecule has 2 saturated heterocycles. The molecule has 2 aliphatic rings. The Bertz CT molecular complexity index is 1880. The maximum atomic E-state index is 15.4. The second-order valence-electron chi connectivity index (χ2n) is 17.5. The first-order chi connectivity index (χ1) is 26.3.